The van der Waals surface area contributed by atoms with Gasteiger partial charge in [0.1, 0.15) is 0 Å². The van der Waals surface area contributed by atoms with Crippen molar-refractivity contribution >= 4 is 3.79 Å². The fraction of sp³-hybridized carbons (Fsp3) is 0.364. The van der Waals surface area contributed by atoms with E-state index in [0.29, 0.717) is 0 Å². The van der Waals surface area contributed by atoms with E-state index in [0.717, 1.165) is 6.92 Å². The average molecular weight is 361 g/mol. The maximum atomic E-state index is 13.4. The molecule has 1 rings (SSSR count). The van der Waals surface area contributed by atoms with Crippen LogP contribution in [0.4, 0.5) is 17.6 Å². The molecule has 96 valence electrons. The summed E-state index contributed by atoms with van der Waals surface area (Å²) in [5, 5.41) is 0. The van der Waals surface area contributed by atoms with Crippen molar-refractivity contribution in [1.82, 2.24) is 0 Å². The molecule has 0 fully saturated rings. The molecule has 0 spiro atoms. The Morgan fingerprint density at radius 3 is 1.94 bits per heavy atom. The molecule has 0 aliphatic rings. The van der Waals surface area contributed by atoms with Gasteiger partial charge >= 0.3 is 106 Å². The molecule has 1 aromatic rings. The predicted octanol–water partition coefficient (Wildman–Crippen LogP) is 0.0770. The van der Waals surface area contributed by atoms with E-state index in [1.54, 1.807) is 6.92 Å². The third-order valence-corrected chi connectivity index (χ3v) is 4.96. The maximum absolute atomic E-state index is 13.4. The Hall–Kier alpha value is -0.660. The molecule has 6 heteroatoms. The molecule has 0 unspecified atom stereocenters. The van der Waals surface area contributed by atoms with Crippen LogP contribution in [0.15, 0.2) is 0 Å². The van der Waals surface area contributed by atoms with Gasteiger partial charge in [-0.25, -0.2) is 0 Å². The molecule has 17 heavy (non-hydrogen) atoms. The Kier molecular flexibility index (Phi) is 4.91. The molecule has 0 bridgehead atoms. The molecule has 0 atom stereocenters. The molecular weight excluding hydrogens is 351 g/mol. The van der Waals surface area contributed by atoms with Crippen LogP contribution in [0.25, 0.3) is 0 Å². The fourth-order valence-electron chi connectivity index (χ4n) is 1.14. The van der Waals surface area contributed by atoms with Crippen molar-refractivity contribution in [1.29, 1.82) is 0 Å². The molecule has 0 saturated carbocycles. The summed E-state index contributed by atoms with van der Waals surface area (Å²) in [5.74, 6) is -5.53. The van der Waals surface area contributed by atoms with Gasteiger partial charge in [0, 0.05) is 0 Å². The normalized spacial score (nSPS) is 10.9. The van der Waals surface area contributed by atoms with Crippen molar-refractivity contribution in [2.45, 2.75) is 24.7 Å². The van der Waals surface area contributed by atoms with Crippen LogP contribution in [0.2, 0.25) is 0 Å². The first kappa shape index (κ1) is 14.4. The van der Waals surface area contributed by atoms with E-state index in [1.807, 2.05) is 0 Å². The van der Waals surface area contributed by atoms with E-state index >= 15 is 0 Å². The number of carbonyl (C=O) groups excluding carboxylic acids is 1. The van der Waals surface area contributed by atoms with Gasteiger partial charge in [-0.3, -0.25) is 0 Å². The van der Waals surface area contributed by atoms with Gasteiger partial charge in [-0.2, -0.15) is 0 Å². The Labute approximate surface area is 106 Å². The third-order valence-electron chi connectivity index (χ3n) is 2.20. The zero-order valence-corrected chi connectivity index (χ0v) is 11.4. The van der Waals surface area contributed by atoms with Crippen molar-refractivity contribution in [2.75, 3.05) is 0 Å². The van der Waals surface area contributed by atoms with Gasteiger partial charge in [0.2, 0.25) is 0 Å². The zero-order chi connectivity index (χ0) is 13.2. The summed E-state index contributed by atoms with van der Waals surface area (Å²) in [6.45, 7) is 2.60. The quantitative estimate of drug-likeness (QED) is 0.244. The Bertz CT molecular complexity index is 430. The molecule has 0 radical (unpaired) electrons. The van der Waals surface area contributed by atoms with Crippen LogP contribution in [0, 0.1) is 30.2 Å². The van der Waals surface area contributed by atoms with Gasteiger partial charge in [0.25, 0.3) is 0 Å². The first-order chi connectivity index (χ1) is 7.90. The van der Waals surface area contributed by atoms with Crippen molar-refractivity contribution in [3.05, 3.63) is 34.4 Å². The molecule has 0 N–H and O–H groups in total. The van der Waals surface area contributed by atoms with E-state index in [9.17, 15) is 22.4 Å². The predicted molar refractivity (Wildman–Crippen MR) is 50.0 cm³/mol. The number of hydrogen-bond donors (Lipinski definition) is 0. The average Bonchev–Trinajstić information content (AvgIpc) is 2.33. The number of rotatable bonds is 4. The Balaban J connectivity index is 3.12. The molecule has 0 amide bonds. The standard InChI is InChI=1S/C11H10F4IO/c1-3-7(17)16-4-6-10(14)8(12)5(2)9(13)11(6)15/h3-4H2,1-2H3/q-1. The van der Waals surface area contributed by atoms with E-state index in [2.05, 4.69) is 0 Å². The van der Waals surface area contributed by atoms with Gasteiger partial charge < -0.3 is 0 Å². The van der Waals surface area contributed by atoms with Crippen molar-refractivity contribution < 1.29 is 43.6 Å². The SMILES string of the molecule is CCC(=O)[I-]Cc1c(F)c(F)c(C)c(F)c1F. The molecule has 0 heterocycles. The summed E-state index contributed by atoms with van der Waals surface area (Å²) in [7, 11) is 0. The van der Waals surface area contributed by atoms with Gasteiger partial charge in [-0.1, -0.05) is 0 Å². The van der Waals surface area contributed by atoms with Gasteiger partial charge in [-0.05, 0) is 0 Å². The first-order valence-corrected chi connectivity index (χ1v) is 7.43. The summed E-state index contributed by atoms with van der Waals surface area (Å²) in [5.41, 5.74) is -1.33. The molecular formula is C11H10F4IO-. The minimum atomic E-state index is -1.38. The summed E-state index contributed by atoms with van der Waals surface area (Å²) in [4.78, 5) is 11.1. The number of hydrogen-bond acceptors (Lipinski definition) is 1. The van der Waals surface area contributed by atoms with Crippen molar-refractivity contribution in [2.24, 2.45) is 0 Å². The van der Waals surface area contributed by atoms with E-state index in [1.165, 1.54) is 0 Å². The van der Waals surface area contributed by atoms with Crippen molar-refractivity contribution in [3.8, 4) is 0 Å². The summed E-state index contributed by atoms with van der Waals surface area (Å²) >= 11 is -1.14. The summed E-state index contributed by atoms with van der Waals surface area (Å²) in [6, 6.07) is 0. The second kappa shape index (κ2) is 5.79. The molecule has 0 aliphatic heterocycles. The van der Waals surface area contributed by atoms with E-state index < -0.39 is 55.6 Å². The first-order valence-electron chi connectivity index (χ1n) is 4.83. The van der Waals surface area contributed by atoms with E-state index in [4.69, 9.17) is 0 Å². The van der Waals surface area contributed by atoms with Crippen LogP contribution in [-0.2, 0) is 9.22 Å². The van der Waals surface area contributed by atoms with Crippen LogP contribution in [0.1, 0.15) is 24.5 Å². The monoisotopic (exact) mass is 361 g/mol. The Morgan fingerprint density at radius 2 is 1.53 bits per heavy atom. The van der Waals surface area contributed by atoms with Crippen LogP contribution < -0.4 is 21.2 Å². The van der Waals surface area contributed by atoms with Gasteiger partial charge in [0.15, 0.2) is 0 Å². The van der Waals surface area contributed by atoms with Gasteiger partial charge in [-0.15, -0.1) is 0 Å². The number of alkyl halides is 1. The number of carbonyl (C=O) groups is 1. The van der Waals surface area contributed by atoms with Crippen molar-refractivity contribution in [3.63, 3.8) is 0 Å². The van der Waals surface area contributed by atoms with Crippen LogP contribution in [0.5, 0.6) is 0 Å². The molecule has 1 nitrogen and oxygen atoms in total. The molecule has 0 saturated heterocycles. The second-order valence-corrected chi connectivity index (χ2v) is 6.06. The molecule has 0 aromatic heterocycles. The molecule has 1 aromatic carbocycles. The van der Waals surface area contributed by atoms with E-state index in [-0.39, 0.29) is 14.6 Å². The fourth-order valence-corrected chi connectivity index (χ4v) is 3.16. The van der Waals surface area contributed by atoms with Crippen LogP contribution in [-0.4, -0.2) is 3.79 Å². The Morgan fingerprint density at radius 1 is 1.06 bits per heavy atom. The summed E-state index contributed by atoms with van der Waals surface area (Å²) < 4.78 is 52.8. The minimum absolute atomic E-state index is 0.107. The molecule has 0 aliphatic carbocycles. The zero-order valence-electron chi connectivity index (χ0n) is 9.21. The summed E-state index contributed by atoms with van der Waals surface area (Å²) in [6.07, 6.45) is 0.271. The van der Waals surface area contributed by atoms with Gasteiger partial charge in [0.05, 0.1) is 0 Å². The van der Waals surface area contributed by atoms with Crippen LogP contribution >= 0.6 is 0 Å². The number of halogens is 5. The van der Waals surface area contributed by atoms with Crippen LogP contribution in [0.3, 0.4) is 0 Å². The third kappa shape index (κ3) is 2.97. The number of benzene rings is 1. The topological polar surface area (TPSA) is 17.1 Å². The second-order valence-electron chi connectivity index (χ2n) is 3.34.